The number of hydrogen-bond acceptors (Lipinski definition) is 5. The third-order valence-corrected chi connectivity index (χ3v) is 7.19. The van der Waals surface area contributed by atoms with Gasteiger partial charge in [0.05, 0.1) is 6.04 Å². The molecule has 0 fully saturated rings. The standard InChI is InChI=1S/C33H34N4O2/c1-33(2,3)28-13-10-24(11-14-28)32(39)37-29(21-38)17-22-6-8-23(9-7-22)31-35-19-27(20-36-31)25-12-15-30-26(18-25)5-4-16-34-30/h6-15,18-21,29,34H,4-5,16-17H2,1-3H3,(H,37,39). The molecule has 0 spiro atoms. The predicted octanol–water partition coefficient (Wildman–Crippen LogP) is 6.01. The lowest BCUT2D eigenvalue weighted by Gasteiger charge is -2.19. The van der Waals surface area contributed by atoms with E-state index in [9.17, 15) is 9.59 Å². The zero-order valence-electron chi connectivity index (χ0n) is 22.7. The first-order valence-corrected chi connectivity index (χ1v) is 13.5. The van der Waals surface area contributed by atoms with E-state index in [1.54, 1.807) is 12.1 Å². The largest absolute Gasteiger partial charge is 0.385 e. The zero-order valence-corrected chi connectivity index (χ0v) is 22.7. The van der Waals surface area contributed by atoms with Crippen LogP contribution in [0.3, 0.4) is 0 Å². The average molecular weight is 519 g/mol. The van der Waals surface area contributed by atoms with Gasteiger partial charge in [-0.3, -0.25) is 4.79 Å². The van der Waals surface area contributed by atoms with Gasteiger partial charge in [0.25, 0.3) is 5.91 Å². The van der Waals surface area contributed by atoms with E-state index in [1.165, 1.54) is 11.3 Å². The van der Waals surface area contributed by atoms with Crippen LogP contribution in [0, 0.1) is 0 Å². The Morgan fingerprint density at radius 1 is 0.949 bits per heavy atom. The number of anilines is 1. The van der Waals surface area contributed by atoms with Crippen molar-refractivity contribution in [2.45, 2.75) is 51.5 Å². The number of amides is 1. The molecule has 0 radical (unpaired) electrons. The summed E-state index contributed by atoms with van der Waals surface area (Å²) in [6, 6.07) is 21.2. The first-order valence-electron chi connectivity index (χ1n) is 13.5. The minimum Gasteiger partial charge on any atom is -0.385 e. The van der Waals surface area contributed by atoms with E-state index in [1.807, 2.05) is 48.8 Å². The molecule has 6 heteroatoms. The summed E-state index contributed by atoms with van der Waals surface area (Å²) in [7, 11) is 0. The molecule has 0 aliphatic carbocycles. The molecule has 198 valence electrons. The number of aromatic nitrogens is 2. The average Bonchev–Trinajstić information content (AvgIpc) is 2.96. The van der Waals surface area contributed by atoms with Crippen LogP contribution in [0.2, 0.25) is 0 Å². The van der Waals surface area contributed by atoms with Crippen molar-refractivity contribution < 1.29 is 9.59 Å². The van der Waals surface area contributed by atoms with E-state index in [2.05, 4.69) is 59.6 Å². The number of carbonyl (C=O) groups is 2. The number of aryl methyl sites for hydroxylation is 1. The van der Waals surface area contributed by atoms with Crippen molar-refractivity contribution >= 4 is 17.9 Å². The summed E-state index contributed by atoms with van der Waals surface area (Å²) >= 11 is 0. The quantitative estimate of drug-likeness (QED) is 0.293. The van der Waals surface area contributed by atoms with Crippen LogP contribution in [-0.2, 0) is 23.1 Å². The van der Waals surface area contributed by atoms with Gasteiger partial charge in [0.15, 0.2) is 5.82 Å². The van der Waals surface area contributed by atoms with Crippen molar-refractivity contribution in [3.05, 3.63) is 101 Å². The van der Waals surface area contributed by atoms with Crippen LogP contribution in [-0.4, -0.2) is 34.7 Å². The maximum Gasteiger partial charge on any atom is 0.251 e. The lowest BCUT2D eigenvalue weighted by Crippen LogP contribution is -2.37. The van der Waals surface area contributed by atoms with E-state index in [4.69, 9.17) is 0 Å². The first-order chi connectivity index (χ1) is 18.8. The van der Waals surface area contributed by atoms with Crippen LogP contribution in [0.5, 0.6) is 0 Å². The number of fused-ring (bicyclic) bond motifs is 1. The van der Waals surface area contributed by atoms with Gasteiger partial charge >= 0.3 is 0 Å². The lowest BCUT2D eigenvalue weighted by atomic mass is 9.86. The summed E-state index contributed by atoms with van der Waals surface area (Å²) in [6.45, 7) is 7.42. The fourth-order valence-corrected chi connectivity index (χ4v) is 4.83. The van der Waals surface area contributed by atoms with Gasteiger partial charge in [0, 0.05) is 41.3 Å². The van der Waals surface area contributed by atoms with Gasteiger partial charge in [0.1, 0.15) is 6.29 Å². The van der Waals surface area contributed by atoms with Crippen molar-refractivity contribution in [1.29, 1.82) is 0 Å². The molecule has 1 aliphatic rings. The molecule has 2 heterocycles. The van der Waals surface area contributed by atoms with Crippen LogP contribution < -0.4 is 10.6 Å². The van der Waals surface area contributed by atoms with Gasteiger partial charge in [-0.25, -0.2) is 9.97 Å². The highest BCUT2D eigenvalue weighted by Crippen LogP contribution is 2.28. The molecule has 1 aliphatic heterocycles. The Morgan fingerprint density at radius 3 is 2.31 bits per heavy atom. The fraction of sp³-hybridized carbons (Fsp3) is 0.273. The van der Waals surface area contributed by atoms with Crippen molar-refractivity contribution in [2.24, 2.45) is 0 Å². The maximum absolute atomic E-state index is 12.7. The van der Waals surface area contributed by atoms with Crippen LogP contribution in [0.25, 0.3) is 22.5 Å². The van der Waals surface area contributed by atoms with Crippen LogP contribution in [0.4, 0.5) is 5.69 Å². The molecule has 1 unspecified atom stereocenters. The van der Waals surface area contributed by atoms with Gasteiger partial charge in [0.2, 0.25) is 0 Å². The molecule has 3 aromatic carbocycles. The SMILES string of the molecule is CC(C)(C)c1ccc(C(=O)NC(C=O)Cc2ccc(-c3ncc(-c4ccc5c(c4)CCCN5)cn3)cc2)cc1. The number of nitrogens with one attached hydrogen (secondary N) is 2. The molecule has 1 aromatic heterocycles. The van der Waals surface area contributed by atoms with Crippen molar-refractivity contribution in [3.8, 4) is 22.5 Å². The minimum atomic E-state index is -0.618. The Kier molecular flexibility index (Phi) is 7.55. The number of rotatable bonds is 7. The van der Waals surface area contributed by atoms with Crippen LogP contribution >= 0.6 is 0 Å². The Labute approximate surface area is 229 Å². The summed E-state index contributed by atoms with van der Waals surface area (Å²) < 4.78 is 0. The third kappa shape index (κ3) is 6.23. The molecule has 0 saturated carbocycles. The highest BCUT2D eigenvalue weighted by atomic mass is 16.2. The summed E-state index contributed by atoms with van der Waals surface area (Å²) in [5.74, 6) is 0.386. The van der Waals surface area contributed by atoms with Crippen LogP contribution in [0.15, 0.2) is 79.1 Å². The topological polar surface area (TPSA) is 84.0 Å². The fourth-order valence-electron chi connectivity index (χ4n) is 4.83. The van der Waals surface area contributed by atoms with E-state index >= 15 is 0 Å². The predicted molar refractivity (Wildman–Crippen MR) is 156 cm³/mol. The molecular weight excluding hydrogens is 484 g/mol. The Bertz CT molecular complexity index is 1450. The number of aldehydes is 1. The molecule has 6 nitrogen and oxygen atoms in total. The third-order valence-electron chi connectivity index (χ3n) is 7.19. The van der Waals surface area contributed by atoms with Gasteiger partial charge in [-0.1, -0.05) is 63.2 Å². The van der Waals surface area contributed by atoms with E-state index in [0.717, 1.165) is 53.5 Å². The molecule has 1 atom stereocenters. The van der Waals surface area contributed by atoms with Crippen molar-refractivity contribution in [1.82, 2.24) is 15.3 Å². The normalized spacial score (nSPS) is 13.6. The molecule has 4 aromatic rings. The summed E-state index contributed by atoms with van der Waals surface area (Å²) in [4.78, 5) is 33.7. The smallest absolute Gasteiger partial charge is 0.251 e. The van der Waals surface area contributed by atoms with Crippen molar-refractivity contribution in [2.75, 3.05) is 11.9 Å². The Balaban J connectivity index is 1.21. The molecule has 39 heavy (non-hydrogen) atoms. The molecule has 2 N–H and O–H groups in total. The molecular formula is C33H34N4O2. The lowest BCUT2D eigenvalue weighted by molar-refractivity contribution is -0.109. The summed E-state index contributed by atoms with van der Waals surface area (Å²) in [5.41, 5.74) is 8.20. The minimum absolute atomic E-state index is 0.0128. The van der Waals surface area contributed by atoms with Gasteiger partial charge in [-0.15, -0.1) is 0 Å². The number of nitrogens with zero attached hydrogens (tertiary/aromatic N) is 2. The first kappa shape index (κ1) is 26.3. The molecule has 0 bridgehead atoms. The highest BCUT2D eigenvalue weighted by Gasteiger charge is 2.17. The monoisotopic (exact) mass is 518 g/mol. The maximum atomic E-state index is 12.7. The Hall–Kier alpha value is -4.32. The van der Waals surface area contributed by atoms with Gasteiger partial charge < -0.3 is 15.4 Å². The van der Waals surface area contributed by atoms with Gasteiger partial charge in [-0.2, -0.15) is 0 Å². The zero-order chi connectivity index (χ0) is 27.4. The summed E-state index contributed by atoms with van der Waals surface area (Å²) in [5, 5.41) is 6.28. The number of benzene rings is 3. The number of carbonyl (C=O) groups excluding carboxylic acids is 2. The number of hydrogen-bond donors (Lipinski definition) is 2. The molecule has 5 rings (SSSR count). The molecule has 1 amide bonds. The van der Waals surface area contributed by atoms with Gasteiger partial charge in [-0.05, 0) is 71.2 Å². The highest BCUT2D eigenvalue weighted by molar-refractivity contribution is 5.95. The van der Waals surface area contributed by atoms with E-state index < -0.39 is 6.04 Å². The summed E-state index contributed by atoms with van der Waals surface area (Å²) in [6.07, 6.45) is 7.14. The van der Waals surface area contributed by atoms with E-state index in [-0.39, 0.29) is 11.3 Å². The second-order valence-corrected chi connectivity index (χ2v) is 11.1. The second-order valence-electron chi connectivity index (χ2n) is 11.1. The van der Waals surface area contributed by atoms with Crippen LogP contribution in [0.1, 0.15) is 54.2 Å². The van der Waals surface area contributed by atoms with Crippen molar-refractivity contribution in [3.63, 3.8) is 0 Å². The van der Waals surface area contributed by atoms with E-state index in [0.29, 0.717) is 17.8 Å². The second kappa shape index (κ2) is 11.2. The molecule has 0 saturated heterocycles. The Morgan fingerprint density at radius 2 is 1.64 bits per heavy atom.